The molecule has 0 saturated heterocycles. The van der Waals surface area contributed by atoms with E-state index in [1.807, 2.05) is 0 Å². The molecule has 0 aliphatic heterocycles. The van der Waals surface area contributed by atoms with Crippen molar-refractivity contribution in [3.05, 3.63) is 100.0 Å². The normalized spacial score (nSPS) is 10.1. The molecule has 0 bridgehead atoms. The molecule has 0 aliphatic carbocycles. The van der Waals surface area contributed by atoms with E-state index in [2.05, 4.69) is 15.1 Å². The molecule has 0 unspecified atom stereocenters. The van der Waals surface area contributed by atoms with E-state index in [9.17, 15) is 18.4 Å². The lowest BCUT2D eigenvalue weighted by Gasteiger charge is -2.05. The van der Waals surface area contributed by atoms with Gasteiger partial charge in [0.15, 0.2) is 10.8 Å². The van der Waals surface area contributed by atoms with Gasteiger partial charge in [-0.25, -0.2) is 8.78 Å². The Kier molecular flexibility index (Phi) is 5.39. The number of nitrogens with zero attached hydrogens (tertiary/aromatic N) is 4. The fourth-order valence-corrected chi connectivity index (χ4v) is 2.29. The van der Waals surface area contributed by atoms with Gasteiger partial charge in [-0.2, -0.15) is 0 Å². The van der Waals surface area contributed by atoms with Crippen molar-refractivity contribution in [2.45, 2.75) is 6.54 Å². The van der Waals surface area contributed by atoms with E-state index in [0.29, 0.717) is 5.56 Å². The third-order valence-electron chi connectivity index (χ3n) is 3.61. The summed E-state index contributed by atoms with van der Waals surface area (Å²) < 4.78 is 27.4. The second-order valence-electron chi connectivity index (χ2n) is 5.58. The zero-order chi connectivity index (χ0) is 19.2. The molecule has 0 aliphatic rings. The van der Waals surface area contributed by atoms with Crippen LogP contribution in [0.1, 0.15) is 15.9 Å². The molecule has 0 atom stereocenters. The van der Waals surface area contributed by atoms with Crippen molar-refractivity contribution in [2.24, 2.45) is 10.2 Å². The molecule has 134 valence electrons. The number of benzene rings is 2. The Morgan fingerprint density at radius 2 is 1.78 bits per heavy atom. The van der Waals surface area contributed by atoms with Crippen LogP contribution in [0.3, 0.4) is 0 Å². The molecule has 0 saturated carbocycles. The van der Waals surface area contributed by atoms with Crippen molar-refractivity contribution in [1.82, 2.24) is 9.48 Å². The molecule has 0 N–H and O–H groups in total. The van der Waals surface area contributed by atoms with Gasteiger partial charge in [-0.1, -0.05) is 12.1 Å². The Morgan fingerprint density at radius 3 is 2.48 bits per heavy atom. The Balaban J connectivity index is 1.73. The predicted molar refractivity (Wildman–Crippen MR) is 93.6 cm³/mol. The van der Waals surface area contributed by atoms with Crippen LogP contribution in [0.4, 0.5) is 14.5 Å². The van der Waals surface area contributed by atoms with Gasteiger partial charge >= 0.3 is 5.91 Å². The average molecular weight is 367 g/mol. The molecule has 0 fully saturated rings. The molecule has 0 radical (unpaired) electrons. The van der Waals surface area contributed by atoms with Crippen LogP contribution >= 0.6 is 0 Å². The van der Waals surface area contributed by atoms with E-state index in [1.54, 1.807) is 12.1 Å². The SMILES string of the molecule is O=C(N=[N+]=Nc1ccn(Cc2cccc(F)c2)c(=O)c1)c1ccc(F)cc1. The smallest absolute Gasteiger partial charge is 0.311 e. The molecular weight excluding hydrogens is 354 g/mol. The third kappa shape index (κ3) is 4.87. The van der Waals surface area contributed by atoms with E-state index in [4.69, 9.17) is 0 Å². The van der Waals surface area contributed by atoms with Crippen LogP contribution in [0.5, 0.6) is 0 Å². The van der Waals surface area contributed by atoms with E-state index < -0.39 is 11.7 Å². The Bertz CT molecular complexity index is 1100. The fraction of sp³-hybridized carbons (Fsp3) is 0.0526. The van der Waals surface area contributed by atoms with Crippen LogP contribution in [0.2, 0.25) is 0 Å². The van der Waals surface area contributed by atoms with Crippen LogP contribution in [-0.2, 0) is 6.54 Å². The molecule has 1 aromatic heterocycles. The van der Waals surface area contributed by atoms with Gasteiger partial charge in [0.25, 0.3) is 5.56 Å². The number of hydrogen-bond donors (Lipinski definition) is 0. The highest BCUT2D eigenvalue weighted by atomic mass is 19.1. The van der Waals surface area contributed by atoms with Gasteiger partial charge in [-0.3, -0.25) is 9.59 Å². The number of halogens is 2. The molecule has 8 heteroatoms. The molecule has 1 heterocycles. The zero-order valence-electron chi connectivity index (χ0n) is 13.9. The summed E-state index contributed by atoms with van der Waals surface area (Å²) in [5, 5.41) is 7.10. The number of pyridine rings is 1. The third-order valence-corrected chi connectivity index (χ3v) is 3.61. The summed E-state index contributed by atoms with van der Waals surface area (Å²) in [6.07, 6.45) is 1.49. The molecule has 6 nitrogen and oxygen atoms in total. The zero-order valence-corrected chi connectivity index (χ0v) is 13.9. The number of carbonyl (C=O) groups is 1. The standard InChI is InChI=1S/C19H13F2N4O2/c20-15-6-4-14(5-7-15)19(27)23-24-22-17-8-9-25(18(26)11-17)12-13-2-1-3-16(21)10-13/h1-11H,12H2/q+1. The molecule has 27 heavy (non-hydrogen) atoms. The summed E-state index contributed by atoms with van der Waals surface area (Å²) in [5.41, 5.74) is 0.666. The maximum absolute atomic E-state index is 13.2. The van der Waals surface area contributed by atoms with Crippen molar-refractivity contribution in [2.75, 3.05) is 0 Å². The van der Waals surface area contributed by atoms with Gasteiger partial charge in [0.05, 0.1) is 6.54 Å². The first-order valence-electron chi connectivity index (χ1n) is 7.88. The quantitative estimate of drug-likeness (QED) is 0.522. The number of amides is 1. The maximum Gasteiger partial charge on any atom is 0.360 e. The van der Waals surface area contributed by atoms with E-state index >= 15 is 0 Å². The summed E-state index contributed by atoms with van der Waals surface area (Å²) in [6, 6.07) is 13.5. The second kappa shape index (κ2) is 8.07. The molecule has 2 aromatic carbocycles. The molecule has 0 spiro atoms. The lowest BCUT2D eigenvalue weighted by Crippen LogP contribution is -2.18. The Morgan fingerprint density at radius 1 is 1.00 bits per heavy atom. The highest BCUT2D eigenvalue weighted by Gasteiger charge is 2.10. The summed E-state index contributed by atoms with van der Waals surface area (Å²) >= 11 is 0. The van der Waals surface area contributed by atoms with Crippen LogP contribution < -0.4 is 10.5 Å². The van der Waals surface area contributed by atoms with Gasteiger partial charge in [-0.05, 0) is 48.0 Å². The number of carbonyl (C=O) groups excluding carboxylic acids is 1. The van der Waals surface area contributed by atoms with Gasteiger partial charge in [0.1, 0.15) is 11.6 Å². The maximum atomic E-state index is 13.2. The molecule has 3 rings (SSSR count). The van der Waals surface area contributed by atoms with Crippen molar-refractivity contribution in [3.63, 3.8) is 0 Å². The average Bonchev–Trinajstić information content (AvgIpc) is 2.64. The summed E-state index contributed by atoms with van der Waals surface area (Å²) in [5.74, 6) is -1.52. The van der Waals surface area contributed by atoms with E-state index in [0.717, 1.165) is 12.1 Å². The van der Waals surface area contributed by atoms with Crippen LogP contribution in [0.25, 0.3) is 0 Å². The van der Waals surface area contributed by atoms with E-state index in [-0.39, 0.29) is 29.2 Å². The minimum absolute atomic E-state index is 0.167. The summed E-state index contributed by atoms with van der Waals surface area (Å²) in [7, 11) is 0. The molecule has 3 aromatic rings. The van der Waals surface area contributed by atoms with Crippen LogP contribution in [0.15, 0.2) is 81.9 Å². The Labute approximate surface area is 152 Å². The fourth-order valence-electron chi connectivity index (χ4n) is 2.29. The summed E-state index contributed by atoms with van der Waals surface area (Å²) in [4.78, 5) is 27.3. The Hall–Kier alpha value is -3.77. The van der Waals surface area contributed by atoms with Gasteiger partial charge in [0.2, 0.25) is 10.0 Å². The monoisotopic (exact) mass is 367 g/mol. The van der Waals surface area contributed by atoms with Gasteiger partial charge in [-0.15, -0.1) is 0 Å². The van der Waals surface area contributed by atoms with Crippen molar-refractivity contribution in [1.29, 1.82) is 0 Å². The van der Waals surface area contributed by atoms with Crippen molar-refractivity contribution >= 4 is 11.6 Å². The number of hydrogen-bond acceptors (Lipinski definition) is 3. The van der Waals surface area contributed by atoms with E-state index in [1.165, 1.54) is 47.2 Å². The number of rotatable bonds is 4. The minimum atomic E-state index is -0.682. The van der Waals surface area contributed by atoms with Crippen molar-refractivity contribution in [3.8, 4) is 0 Å². The van der Waals surface area contributed by atoms with Gasteiger partial charge in [0, 0.05) is 17.8 Å². The largest absolute Gasteiger partial charge is 0.360 e. The lowest BCUT2D eigenvalue weighted by atomic mass is 10.2. The first-order chi connectivity index (χ1) is 13.0. The minimum Gasteiger partial charge on any atom is -0.311 e. The first kappa shape index (κ1) is 18.0. The molecular formula is C19H13F2N4O2+. The summed E-state index contributed by atoms with van der Waals surface area (Å²) in [6.45, 7) is 0.210. The van der Waals surface area contributed by atoms with Crippen LogP contribution in [-0.4, -0.2) is 10.5 Å². The van der Waals surface area contributed by atoms with Gasteiger partial charge < -0.3 is 4.57 Å². The molecule has 1 amide bonds. The predicted octanol–water partition coefficient (Wildman–Crippen LogP) is 3.62. The van der Waals surface area contributed by atoms with Crippen LogP contribution in [0, 0.1) is 11.6 Å². The highest BCUT2D eigenvalue weighted by Crippen LogP contribution is 2.09. The first-order valence-corrected chi connectivity index (χ1v) is 7.88. The second-order valence-corrected chi connectivity index (χ2v) is 5.58. The lowest BCUT2D eigenvalue weighted by molar-refractivity contribution is 0.0992. The topological polar surface area (TPSA) is 77.9 Å². The number of aromatic nitrogens is 1. The van der Waals surface area contributed by atoms with Crippen molar-refractivity contribution < 1.29 is 13.6 Å². The highest BCUT2D eigenvalue weighted by molar-refractivity contribution is 5.94.